The van der Waals surface area contributed by atoms with Crippen LogP contribution < -0.4 is 4.90 Å². The van der Waals surface area contributed by atoms with Gasteiger partial charge in [-0.1, -0.05) is 47.6 Å². The van der Waals surface area contributed by atoms with E-state index in [2.05, 4.69) is 10.2 Å². The summed E-state index contributed by atoms with van der Waals surface area (Å²) in [4.78, 5) is 14.1. The summed E-state index contributed by atoms with van der Waals surface area (Å²) in [5.41, 5.74) is 2.49. The van der Waals surface area contributed by atoms with Crippen molar-refractivity contribution >= 4 is 35.0 Å². The molecule has 1 aromatic heterocycles. The van der Waals surface area contributed by atoms with E-state index in [1.165, 1.54) is 16.7 Å². The fourth-order valence-electron chi connectivity index (χ4n) is 2.44. The van der Waals surface area contributed by atoms with E-state index in [9.17, 15) is 4.79 Å². The number of anilines is 1. The second-order valence-corrected chi connectivity index (χ2v) is 7.03. The lowest BCUT2D eigenvalue weighted by Gasteiger charge is -2.19. The molecule has 6 nitrogen and oxygen atoms in total. The van der Waals surface area contributed by atoms with Crippen molar-refractivity contribution < 1.29 is 4.79 Å². The summed E-state index contributed by atoms with van der Waals surface area (Å²) in [7, 11) is 0. The minimum Gasteiger partial charge on any atom is -0.298 e. The van der Waals surface area contributed by atoms with Gasteiger partial charge < -0.3 is 0 Å². The summed E-state index contributed by atoms with van der Waals surface area (Å²) in [5, 5.41) is 18.3. The molecule has 8 heteroatoms. The van der Waals surface area contributed by atoms with Gasteiger partial charge in [0.2, 0.25) is 5.91 Å². The number of benzene rings is 2. The fraction of sp³-hybridized carbons (Fsp3) is 0.158. The lowest BCUT2D eigenvalue weighted by molar-refractivity contribution is -0.116. The van der Waals surface area contributed by atoms with Gasteiger partial charge in [-0.15, -0.1) is 10.2 Å². The van der Waals surface area contributed by atoms with Gasteiger partial charge in [-0.05, 0) is 36.8 Å². The average molecular weight is 398 g/mol. The number of amides is 1. The number of thioether (sulfide) groups is 1. The molecule has 0 N–H and O–H groups in total. The summed E-state index contributed by atoms with van der Waals surface area (Å²) in [6.07, 6.45) is 1.58. The van der Waals surface area contributed by atoms with Gasteiger partial charge in [0, 0.05) is 10.7 Å². The molecule has 2 aromatic carbocycles. The molecule has 0 saturated carbocycles. The van der Waals surface area contributed by atoms with Crippen LogP contribution in [0.1, 0.15) is 5.56 Å². The van der Waals surface area contributed by atoms with Crippen LogP contribution in [0.4, 0.5) is 5.69 Å². The first-order valence-electron chi connectivity index (χ1n) is 8.12. The Morgan fingerprint density at radius 3 is 2.78 bits per heavy atom. The van der Waals surface area contributed by atoms with E-state index >= 15 is 0 Å². The molecule has 3 rings (SSSR count). The molecule has 0 atom stereocenters. The Hall–Kier alpha value is -2.82. The summed E-state index contributed by atoms with van der Waals surface area (Å²) in [6.45, 7) is 1.92. The van der Waals surface area contributed by atoms with Gasteiger partial charge in [0.25, 0.3) is 0 Å². The number of para-hydroxylation sites is 1. The van der Waals surface area contributed by atoms with Crippen LogP contribution in [0.3, 0.4) is 0 Å². The van der Waals surface area contributed by atoms with E-state index in [0.29, 0.717) is 15.9 Å². The van der Waals surface area contributed by atoms with E-state index in [-0.39, 0.29) is 18.2 Å². The molecule has 0 aliphatic heterocycles. The second kappa shape index (κ2) is 8.71. The average Bonchev–Trinajstić information content (AvgIpc) is 3.15. The molecule has 0 aliphatic rings. The molecule has 0 aliphatic carbocycles. The molecule has 1 heterocycles. The van der Waals surface area contributed by atoms with Crippen molar-refractivity contribution in [3.8, 4) is 11.8 Å². The Bertz CT molecular complexity index is 983. The highest BCUT2D eigenvalue weighted by molar-refractivity contribution is 7.99. The molecule has 0 unspecified atom stereocenters. The molecule has 27 heavy (non-hydrogen) atoms. The van der Waals surface area contributed by atoms with E-state index in [1.54, 1.807) is 23.0 Å². The summed E-state index contributed by atoms with van der Waals surface area (Å²) in [6, 6.07) is 16.8. The van der Waals surface area contributed by atoms with Crippen LogP contribution in [-0.4, -0.2) is 33.0 Å². The third-order valence-corrected chi connectivity index (χ3v) is 5.21. The van der Waals surface area contributed by atoms with Crippen LogP contribution in [-0.2, 0) is 4.79 Å². The van der Waals surface area contributed by atoms with Gasteiger partial charge in [0.15, 0.2) is 5.16 Å². The number of nitriles is 1. The van der Waals surface area contributed by atoms with Gasteiger partial charge in [-0.3, -0.25) is 14.3 Å². The topological polar surface area (TPSA) is 74.8 Å². The van der Waals surface area contributed by atoms with Crippen LogP contribution in [0.5, 0.6) is 0 Å². The molecule has 0 saturated heterocycles. The van der Waals surface area contributed by atoms with Crippen LogP contribution in [0.25, 0.3) is 5.69 Å². The Morgan fingerprint density at radius 1 is 1.30 bits per heavy atom. The lowest BCUT2D eigenvalue weighted by Crippen LogP contribution is -2.32. The third-order valence-electron chi connectivity index (χ3n) is 3.87. The predicted octanol–water partition coefficient (Wildman–Crippen LogP) is 3.88. The van der Waals surface area contributed by atoms with Crippen LogP contribution in [0, 0.1) is 18.3 Å². The maximum absolute atomic E-state index is 12.7. The number of rotatable bonds is 6. The predicted molar refractivity (Wildman–Crippen MR) is 106 cm³/mol. The monoisotopic (exact) mass is 397 g/mol. The highest BCUT2D eigenvalue weighted by atomic mass is 35.5. The number of halogens is 1. The number of hydrogen-bond donors (Lipinski definition) is 0. The van der Waals surface area contributed by atoms with Crippen LogP contribution in [0.15, 0.2) is 60.0 Å². The van der Waals surface area contributed by atoms with E-state index in [1.807, 2.05) is 49.4 Å². The molecule has 0 spiro atoms. The Labute approximate surface area is 166 Å². The number of aromatic nitrogens is 3. The van der Waals surface area contributed by atoms with Crippen LogP contribution in [0.2, 0.25) is 5.02 Å². The zero-order valence-electron chi connectivity index (χ0n) is 14.5. The molecule has 3 aromatic rings. The maximum Gasteiger partial charge on any atom is 0.238 e. The first-order chi connectivity index (χ1) is 13.1. The van der Waals surface area contributed by atoms with Crippen molar-refractivity contribution in [2.24, 2.45) is 0 Å². The summed E-state index contributed by atoms with van der Waals surface area (Å²) >= 11 is 7.46. The first kappa shape index (κ1) is 19.0. The quantitative estimate of drug-likeness (QED) is 0.466. The largest absolute Gasteiger partial charge is 0.298 e. The second-order valence-electron chi connectivity index (χ2n) is 5.68. The van der Waals surface area contributed by atoms with Crippen molar-refractivity contribution in [1.29, 1.82) is 5.26 Å². The summed E-state index contributed by atoms with van der Waals surface area (Å²) in [5.74, 6) is -0.0428. The van der Waals surface area contributed by atoms with Crippen molar-refractivity contribution in [3.05, 3.63) is 65.4 Å². The molecule has 0 radical (unpaired) electrons. The Morgan fingerprint density at radius 2 is 2.07 bits per heavy atom. The minimum atomic E-state index is -0.177. The van der Waals surface area contributed by atoms with Crippen molar-refractivity contribution in [3.63, 3.8) is 0 Å². The third kappa shape index (κ3) is 4.48. The Kier molecular flexibility index (Phi) is 6.12. The molecular weight excluding hydrogens is 382 g/mol. The highest BCUT2D eigenvalue weighted by Crippen LogP contribution is 2.24. The zero-order chi connectivity index (χ0) is 19.2. The molecule has 0 bridgehead atoms. The minimum absolute atomic E-state index is 0.0103. The highest BCUT2D eigenvalue weighted by Gasteiger charge is 2.17. The van der Waals surface area contributed by atoms with E-state index in [0.717, 1.165) is 11.3 Å². The smallest absolute Gasteiger partial charge is 0.238 e. The molecular formula is C19H16ClN5OS. The van der Waals surface area contributed by atoms with Gasteiger partial charge in [0.1, 0.15) is 12.9 Å². The lowest BCUT2D eigenvalue weighted by atomic mass is 10.2. The zero-order valence-corrected chi connectivity index (χ0v) is 16.1. The Balaban J connectivity index is 1.75. The standard InChI is InChI=1S/C19H16ClN5OS/c1-14-7-8-16(11-17(14)20)25-13-22-23-19(25)27-12-18(26)24(10-9-21)15-5-3-2-4-6-15/h2-8,11,13H,10,12H2,1H3. The first-order valence-corrected chi connectivity index (χ1v) is 9.48. The van der Waals surface area contributed by atoms with E-state index in [4.69, 9.17) is 16.9 Å². The van der Waals surface area contributed by atoms with Crippen molar-refractivity contribution in [2.45, 2.75) is 12.1 Å². The number of aryl methyl sites for hydroxylation is 1. The molecule has 0 fully saturated rings. The van der Waals surface area contributed by atoms with Crippen molar-refractivity contribution in [1.82, 2.24) is 14.8 Å². The maximum atomic E-state index is 12.7. The summed E-state index contributed by atoms with van der Waals surface area (Å²) < 4.78 is 1.78. The molecule has 1 amide bonds. The van der Waals surface area contributed by atoms with Gasteiger partial charge in [-0.25, -0.2) is 0 Å². The van der Waals surface area contributed by atoms with Gasteiger partial charge in [0.05, 0.1) is 17.5 Å². The fourth-order valence-corrected chi connectivity index (χ4v) is 3.42. The van der Waals surface area contributed by atoms with Crippen LogP contribution >= 0.6 is 23.4 Å². The SMILES string of the molecule is Cc1ccc(-n2cnnc2SCC(=O)N(CC#N)c2ccccc2)cc1Cl. The van der Waals surface area contributed by atoms with Crippen molar-refractivity contribution in [2.75, 3.05) is 17.2 Å². The van der Waals surface area contributed by atoms with Gasteiger partial charge in [-0.2, -0.15) is 5.26 Å². The van der Waals surface area contributed by atoms with E-state index < -0.39 is 0 Å². The normalized spacial score (nSPS) is 10.4. The number of carbonyl (C=O) groups is 1. The number of carbonyl (C=O) groups excluding carboxylic acids is 1. The van der Waals surface area contributed by atoms with Gasteiger partial charge >= 0.3 is 0 Å². The molecule has 136 valence electrons. The number of hydrogen-bond acceptors (Lipinski definition) is 5. The number of nitrogens with zero attached hydrogens (tertiary/aromatic N) is 5.